The summed E-state index contributed by atoms with van der Waals surface area (Å²) in [6.07, 6.45) is 0. The molecule has 2 aliphatic carbocycles. The number of hydrogen-bond donors (Lipinski definition) is 0. The molecule has 0 fully saturated rings. The van der Waals surface area contributed by atoms with Crippen LogP contribution in [0.3, 0.4) is 0 Å². The van der Waals surface area contributed by atoms with Crippen LogP contribution in [0.2, 0.25) is 0 Å². The maximum absolute atomic E-state index is 2.53. The Labute approximate surface area is 282 Å². The molecule has 228 valence electrons. The SMILES string of the molecule is CC1(C)c2ccccc2-c2cc3cc4c(-c5ccccc5)c5cc6c(cc5c(-c5ccccc5)c4cc3cc21)-c1ccccc1C6(C)C. The van der Waals surface area contributed by atoms with Gasteiger partial charge >= 0.3 is 0 Å². The summed E-state index contributed by atoms with van der Waals surface area (Å²) in [6, 6.07) is 55.0. The topological polar surface area (TPSA) is 0 Å². The molecule has 2 aliphatic rings. The van der Waals surface area contributed by atoms with Crippen LogP contribution in [0, 0.1) is 0 Å². The third-order valence-corrected chi connectivity index (χ3v) is 11.6. The fourth-order valence-electron chi connectivity index (χ4n) is 9.19. The van der Waals surface area contributed by atoms with Crippen LogP contribution in [0.15, 0.2) is 146 Å². The van der Waals surface area contributed by atoms with Gasteiger partial charge < -0.3 is 0 Å². The number of fused-ring (bicyclic) bond motifs is 9. The first kappa shape index (κ1) is 27.6. The summed E-state index contributed by atoms with van der Waals surface area (Å²) >= 11 is 0. The first-order chi connectivity index (χ1) is 23.3. The molecule has 10 rings (SSSR count). The molecule has 0 heterocycles. The zero-order valence-electron chi connectivity index (χ0n) is 27.9. The fraction of sp³-hybridized carbons (Fsp3) is 0.125. The third-order valence-electron chi connectivity index (χ3n) is 11.6. The Morgan fingerprint density at radius 2 is 0.708 bits per heavy atom. The molecule has 0 amide bonds. The summed E-state index contributed by atoms with van der Waals surface area (Å²) in [4.78, 5) is 0. The van der Waals surface area contributed by atoms with E-state index in [0.717, 1.165) is 0 Å². The van der Waals surface area contributed by atoms with Gasteiger partial charge in [-0.05, 0) is 135 Å². The lowest BCUT2D eigenvalue weighted by molar-refractivity contribution is 0.661. The van der Waals surface area contributed by atoms with Crippen LogP contribution < -0.4 is 0 Å². The number of rotatable bonds is 2. The largest absolute Gasteiger partial charge is 0.0622 e. The lowest BCUT2D eigenvalue weighted by Crippen LogP contribution is -2.15. The molecular weight excluding hydrogens is 577 g/mol. The minimum absolute atomic E-state index is 0.0450. The van der Waals surface area contributed by atoms with Crippen molar-refractivity contribution in [1.29, 1.82) is 0 Å². The predicted molar refractivity (Wildman–Crippen MR) is 205 cm³/mol. The predicted octanol–water partition coefficient (Wildman–Crippen LogP) is 13.1. The summed E-state index contributed by atoms with van der Waals surface area (Å²) in [6.45, 7) is 9.53. The highest BCUT2D eigenvalue weighted by atomic mass is 14.4. The normalized spacial score (nSPS) is 15.0. The monoisotopic (exact) mass is 612 g/mol. The molecule has 8 aromatic rings. The van der Waals surface area contributed by atoms with Crippen molar-refractivity contribution < 1.29 is 0 Å². The van der Waals surface area contributed by atoms with Gasteiger partial charge in [-0.3, -0.25) is 0 Å². The van der Waals surface area contributed by atoms with Crippen molar-refractivity contribution in [2.45, 2.75) is 38.5 Å². The summed E-state index contributed by atoms with van der Waals surface area (Å²) in [5, 5.41) is 7.83. The van der Waals surface area contributed by atoms with Crippen molar-refractivity contribution >= 4 is 32.3 Å². The molecule has 0 bridgehead atoms. The van der Waals surface area contributed by atoms with Crippen molar-refractivity contribution in [2.24, 2.45) is 0 Å². The molecular formula is C48H36. The van der Waals surface area contributed by atoms with E-state index in [-0.39, 0.29) is 10.8 Å². The second-order valence-corrected chi connectivity index (χ2v) is 14.9. The van der Waals surface area contributed by atoms with Gasteiger partial charge in [-0.1, -0.05) is 137 Å². The highest BCUT2D eigenvalue weighted by Crippen LogP contribution is 2.54. The maximum Gasteiger partial charge on any atom is 0.0159 e. The van der Waals surface area contributed by atoms with Crippen molar-refractivity contribution in [2.75, 3.05) is 0 Å². The molecule has 0 atom stereocenters. The summed E-state index contributed by atoms with van der Waals surface area (Å²) < 4.78 is 0. The minimum Gasteiger partial charge on any atom is -0.0622 e. The van der Waals surface area contributed by atoms with Gasteiger partial charge in [0.1, 0.15) is 0 Å². The van der Waals surface area contributed by atoms with Gasteiger partial charge in [0, 0.05) is 10.8 Å². The van der Waals surface area contributed by atoms with Crippen LogP contribution >= 0.6 is 0 Å². The highest BCUT2D eigenvalue weighted by Gasteiger charge is 2.37. The van der Waals surface area contributed by atoms with Crippen LogP contribution in [0.5, 0.6) is 0 Å². The molecule has 0 unspecified atom stereocenters. The lowest BCUT2D eigenvalue weighted by atomic mass is 9.79. The Morgan fingerprint density at radius 3 is 1.25 bits per heavy atom. The quantitative estimate of drug-likeness (QED) is 0.170. The van der Waals surface area contributed by atoms with Crippen LogP contribution in [0.25, 0.3) is 76.8 Å². The molecule has 0 saturated heterocycles. The Morgan fingerprint density at radius 1 is 0.312 bits per heavy atom. The molecule has 0 N–H and O–H groups in total. The second kappa shape index (κ2) is 9.55. The standard InChI is InChI=1S/C48H36/c1-47(2)41-21-13-11-19-33(41)35-23-31-24-37-38(25-32(31)26-43(35)47)45(29-15-7-5-8-16-29)39-27-36-34-20-12-14-22-42(34)48(3,4)44(36)28-40(39)46(37)30-17-9-6-10-18-30/h5-28H,1-4H3. The van der Waals surface area contributed by atoms with Gasteiger partial charge in [-0.2, -0.15) is 0 Å². The number of hydrogen-bond acceptors (Lipinski definition) is 0. The van der Waals surface area contributed by atoms with E-state index in [9.17, 15) is 0 Å². The van der Waals surface area contributed by atoms with Crippen molar-refractivity contribution in [1.82, 2.24) is 0 Å². The molecule has 0 nitrogen and oxygen atoms in total. The zero-order chi connectivity index (χ0) is 32.4. The van der Waals surface area contributed by atoms with Crippen LogP contribution in [-0.4, -0.2) is 0 Å². The molecule has 0 saturated carbocycles. The minimum atomic E-state index is -0.0833. The maximum atomic E-state index is 2.53. The van der Waals surface area contributed by atoms with E-state index >= 15 is 0 Å². The lowest BCUT2D eigenvalue weighted by Gasteiger charge is -2.24. The zero-order valence-corrected chi connectivity index (χ0v) is 27.9. The van der Waals surface area contributed by atoms with Crippen molar-refractivity contribution in [3.8, 4) is 44.5 Å². The first-order valence-electron chi connectivity index (χ1n) is 17.2. The van der Waals surface area contributed by atoms with Crippen molar-refractivity contribution in [3.05, 3.63) is 168 Å². The fourth-order valence-corrected chi connectivity index (χ4v) is 9.19. The van der Waals surface area contributed by atoms with Crippen molar-refractivity contribution in [3.63, 3.8) is 0 Å². The van der Waals surface area contributed by atoms with Gasteiger partial charge in [-0.15, -0.1) is 0 Å². The van der Waals surface area contributed by atoms with E-state index in [1.807, 2.05) is 0 Å². The van der Waals surface area contributed by atoms with Crippen LogP contribution in [0.1, 0.15) is 49.9 Å². The van der Waals surface area contributed by atoms with Gasteiger partial charge in [0.2, 0.25) is 0 Å². The molecule has 0 aliphatic heterocycles. The van der Waals surface area contributed by atoms with E-state index in [4.69, 9.17) is 0 Å². The van der Waals surface area contributed by atoms with E-state index < -0.39 is 0 Å². The van der Waals surface area contributed by atoms with E-state index in [1.54, 1.807) is 0 Å². The van der Waals surface area contributed by atoms with Gasteiger partial charge in [-0.25, -0.2) is 0 Å². The molecule has 0 spiro atoms. The van der Waals surface area contributed by atoms with E-state index in [2.05, 4.69) is 173 Å². The molecule has 0 heteroatoms. The molecule has 48 heavy (non-hydrogen) atoms. The van der Waals surface area contributed by atoms with E-state index in [1.165, 1.54) is 99.1 Å². The number of benzene rings is 8. The Bertz CT molecular complexity index is 2640. The third kappa shape index (κ3) is 3.61. The van der Waals surface area contributed by atoms with Gasteiger partial charge in [0.25, 0.3) is 0 Å². The average molecular weight is 613 g/mol. The van der Waals surface area contributed by atoms with Crippen LogP contribution in [0.4, 0.5) is 0 Å². The highest BCUT2D eigenvalue weighted by molar-refractivity contribution is 6.24. The molecule has 0 aromatic heterocycles. The first-order valence-corrected chi connectivity index (χ1v) is 17.2. The molecule has 8 aromatic carbocycles. The smallest absolute Gasteiger partial charge is 0.0159 e. The summed E-state index contributed by atoms with van der Waals surface area (Å²) in [5.41, 5.74) is 16.1. The van der Waals surface area contributed by atoms with E-state index in [0.29, 0.717) is 0 Å². The summed E-state index contributed by atoms with van der Waals surface area (Å²) in [7, 11) is 0. The average Bonchev–Trinajstić information content (AvgIpc) is 3.47. The van der Waals surface area contributed by atoms with Crippen LogP contribution in [-0.2, 0) is 10.8 Å². The molecule has 0 radical (unpaired) electrons. The second-order valence-electron chi connectivity index (χ2n) is 14.9. The Kier molecular flexibility index (Phi) is 5.50. The summed E-state index contributed by atoms with van der Waals surface area (Å²) in [5.74, 6) is 0. The Balaban J connectivity index is 1.40. The van der Waals surface area contributed by atoms with Gasteiger partial charge in [0.15, 0.2) is 0 Å². The van der Waals surface area contributed by atoms with Gasteiger partial charge in [0.05, 0.1) is 0 Å². The Hall–Kier alpha value is -5.46.